The normalized spacial score (nSPS) is 14.9. The topological polar surface area (TPSA) is 73.0 Å². The molecule has 0 spiro atoms. The van der Waals surface area contributed by atoms with Crippen LogP contribution in [0.2, 0.25) is 0 Å². The van der Waals surface area contributed by atoms with Crippen LogP contribution in [0, 0.1) is 0 Å². The van der Waals surface area contributed by atoms with Crippen molar-refractivity contribution in [3.8, 4) is 0 Å². The Morgan fingerprint density at radius 3 is 2.78 bits per heavy atom. The Morgan fingerprint density at radius 1 is 1.26 bits per heavy atom. The van der Waals surface area contributed by atoms with Crippen molar-refractivity contribution >= 4 is 17.7 Å². The van der Waals surface area contributed by atoms with Crippen LogP contribution in [0.15, 0.2) is 58.3 Å². The molecule has 0 radical (unpaired) electrons. The van der Waals surface area contributed by atoms with Gasteiger partial charge in [-0.2, -0.15) is 0 Å². The van der Waals surface area contributed by atoms with Crippen molar-refractivity contribution < 1.29 is 9.21 Å². The third kappa shape index (κ3) is 4.42. The first-order valence-corrected chi connectivity index (χ1v) is 10.1. The molecule has 1 unspecified atom stereocenters. The minimum atomic E-state index is -0.155. The molecule has 4 rings (SSSR count). The molecular formula is C20H22N4O2S. The van der Waals surface area contributed by atoms with Crippen molar-refractivity contribution in [2.45, 2.75) is 43.4 Å². The molecule has 1 saturated carbocycles. The second kappa shape index (κ2) is 8.00. The summed E-state index contributed by atoms with van der Waals surface area (Å²) >= 11 is 1.43. The number of carbonyl (C=O) groups excluding carboxylic acids is 1. The maximum atomic E-state index is 12.3. The number of rotatable bonds is 8. The largest absolute Gasteiger partial charge is 0.467 e. The van der Waals surface area contributed by atoms with E-state index >= 15 is 0 Å². The highest BCUT2D eigenvalue weighted by atomic mass is 32.2. The van der Waals surface area contributed by atoms with Gasteiger partial charge in [0.25, 0.3) is 0 Å². The van der Waals surface area contributed by atoms with E-state index in [9.17, 15) is 4.79 Å². The third-order valence-electron chi connectivity index (χ3n) is 4.55. The number of furan rings is 1. The number of carbonyl (C=O) groups is 1. The number of nitrogens with zero attached hydrogens (tertiary/aromatic N) is 3. The molecule has 2 aromatic heterocycles. The molecule has 3 aromatic rings. The molecule has 27 heavy (non-hydrogen) atoms. The summed E-state index contributed by atoms with van der Waals surface area (Å²) in [6.07, 6.45) is 3.94. The lowest BCUT2D eigenvalue weighted by atomic mass is 10.2. The SMILES string of the molecule is CC(NC(=O)CSc1nnc(C2CC2)n1Cc1ccccc1)c1ccco1. The number of hydrogen-bond donors (Lipinski definition) is 1. The van der Waals surface area contributed by atoms with Gasteiger partial charge in [0.15, 0.2) is 5.16 Å². The van der Waals surface area contributed by atoms with Crippen LogP contribution in [-0.4, -0.2) is 26.4 Å². The highest BCUT2D eigenvalue weighted by Crippen LogP contribution is 2.40. The molecule has 1 aliphatic carbocycles. The number of amides is 1. The van der Waals surface area contributed by atoms with E-state index in [0.29, 0.717) is 11.7 Å². The maximum Gasteiger partial charge on any atom is 0.231 e. The van der Waals surface area contributed by atoms with Crippen LogP contribution in [0.1, 0.15) is 48.9 Å². The summed E-state index contributed by atoms with van der Waals surface area (Å²) in [4.78, 5) is 12.3. The van der Waals surface area contributed by atoms with Crippen LogP contribution in [0.5, 0.6) is 0 Å². The monoisotopic (exact) mass is 382 g/mol. The molecule has 2 heterocycles. The zero-order chi connectivity index (χ0) is 18.6. The number of hydrogen-bond acceptors (Lipinski definition) is 5. The van der Waals surface area contributed by atoms with Crippen LogP contribution < -0.4 is 5.32 Å². The molecule has 0 bridgehead atoms. The van der Waals surface area contributed by atoms with E-state index in [-0.39, 0.29) is 11.9 Å². The van der Waals surface area contributed by atoms with Gasteiger partial charge in [0, 0.05) is 5.92 Å². The van der Waals surface area contributed by atoms with Gasteiger partial charge in [-0.05, 0) is 37.5 Å². The van der Waals surface area contributed by atoms with Gasteiger partial charge < -0.3 is 14.3 Å². The third-order valence-corrected chi connectivity index (χ3v) is 5.52. The van der Waals surface area contributed by atoms with Gasteiger partial charge in [-0.3, -0.25) is 4.79 Å². The number of aromatic nitrogens is 3. The first-order chi connectivity index (χ1) is 13.2. The summed E-state index contributed by atoms with van der Waals surface area (Å²) in [5.74, 6) is 2.53. The van der Waals surface area contributed by atoms with E-state index in [1.807, 2.05) is 37.3 Å². The van der Waals surface area contributed by atoms with E-state index in [0.717, 1.165) is 23.3 Å². The predicted octanol–water partition coefficient (Wildman–Crippen LogP) is 3.77. The van der Waals surface area contributed by atoms with Gasteiger partial charge >= 0.3 is 0 Å². The molecule has 1 aliphatic rings. The second-order valence-electron chi connectivity index (χ2n) is 6.78. The number of nitrogens with one attached hydrogen (secondary N) is 1. The van der Waals surface area contributed by atoms with Crippen molar-refractivity contribution in [3.63, 3.8) is 0 Å². The van der Waals surface area contributed by atoms with Crippen LogP contribution in [-0.2, 0) is 11.3 Å². The van der Waals surface area contributed by atoms with E-state index in [1.165, 1.54) is 30.2 Å². The highest BCUT2D eigenvalue weighted by molar-refractivity contribution is 7.99. The second-order valence-corrected chi connectivity index (χ2v) is 7.72. The molecule has 1 amide bonds. The summed E-state index contributed by atoms with van der Waals surface area (Å²) < 4.78 is 7.49. The van der Waals surface area contributed by atoms with Crippen molar-refractivity contribution in [1.82, 2.24) is 20.1 Å². The van der Waals surface area contributed by atoms with Gasteiger partial charge in [-0.25, -0.2) is 0 Å². The smallest absolute Gasteiger partial charge is 0.231 e. The average Bonchev–Trinajstić information content (AvgIpc) is 3.21. The van der Waals surface area contributed by atoms with Gasteiger partial charge in [0.2, 0.25) is 5.91 Å². The summed E-state index contributed by atoms with van der Waals surface area (Å²) in [5.41, 5.74) is 1.21. The van der Waals surface area contributed by atoms with Crippen LogP contribution >= 0.6 is 11.8 Å². The molecule has 1 aromatic carbocycles. The minimum Gasteiger partial charge on any atom is -0.467 e. The Bertz CT molecular complexity index is 888. The molecule has 0 aliphatic heterocycles. The van der Waals surface area contributed by atoms with Crippen LogP contribution in [0.3, 0.4) is 0 Å². The van der Waals surface area contributed by atoms with E-state index in [4.69, 9.17) is 4.42 Å². The Morgan fingerprint density at radius 2 is 2.07 bits per heavy atom. The number of thioether (sulfide) groups is 1. The Balaban J connectivity index is 1.42. The maximum absolute atomic E-state index is 12.3. The van der Waals surface area contributed by atoms with Gasteiger partial charge in [-0.15, -0.1) is 10.2 Å². The first-order valence-electron chi connectivity index (χ1n) is 9.13. The average molecular weight is 382 g/mol. The highest BCUT2D eigenvalue weighted by Gasteiger charge is 2.30. The fourth-order valence-corrected chi connectivity index (χ4v) is 3.74. The minimum absolute atomic E-state index is 0.0499. The Labute approximate surface area is 162 Å². The standard InChI is InChI=1S/C20H22N4O2S/c1-14(17-8-5-11-26-17)21-18(25)13-27-20-23-22-19(16-9-10-16)24(20)12-15-6-3-2-4-7-15/h2-8,11,14,16H,9-10,12-13H2,1H3,(H,21,25). The predicted molar refractivity (Wildman–Crippen MR) is 104 cm³/mol. The summed E-state index contributed by atoms with van der Waals surface area (Å²) in [6, 6.07) is 13.8. The first kappa shape index (κ1) is 17.9. The van der Waals surface area contributed by atoms with Gasteiger partial charge in [0.1, 0.15) is 11.6 Å². The fourth-order valence-electron chi connectivity index (χ4n) is 2.99. The molecule has 0 saturated heterocycles. The lowest BCUT2D eigenvalue weighted by molar-refractivity contribution is -0.119. The lowest BCUT2D eigenvalue weighted by Crippen LogP contribution is -2.28. The zero-order valence-electron chi connectivity index (χ0n) is 15.2. The lowest BCUT2D eigenvalue weighted by Gasteiger charge is -2.12. The van der Waals surface area contributed by atoms with E-state index in [1.54, 1.807) is 6.26 Å². The fraction of sp³-hybridized carbons (Fsp3) is 0.350. The van der Waals surface area contributed by atoms with Crippen molar-refractivity contribution in [1.29, 1.82) is 0 Å². The van der Waals surface area contributed by atoms with Gasteiger partial charge in [0.05, 0.1) is 24.6 Å². The molecule has 1 fully saturated rings. The van der Waals surface area contributed by atoms with E-state index in [2.05, 4.69) is 32.2 Å². The van der Waals surface area contributed by atoms with Crippen molar-refractivity contribution in [3.05, 3.63) is 65.9 Å². The molecule has 1 atom stereocenters. The van der Waals surface area contributed by atoms with Crippen LogP contribution in [0.4, 0.5) is 0 Å². The Kier molecular flexibility index (Phi) is 5.29. The van der Waals surface area contributed by atoms with E-state index < -0.39 is 0 Å². The molecule has 140 valence electrons. The Hall–Kier alpha value is -2.54. The molecule has 1 N–H and O–H groups in total. The quantitative estimate of drug-likeness (QED) is 0.601. The zero-order valence-corrected chi connectivity index (χ0v) is 16.0. The summed E-state index contributed by atoms with van der Waals surface area (Å²) in [6.45, 7) is 2.64. The summed E-state index contributed by atoms with van der Waals surface area (Å²) in [5, 5.41) is 12.5. The van der Waals surface area contributed by atoms with Crippen molar-refractivity contribution in [2.75, 3.05) is 5.75 Å². The molecule has 7 heteroatoms. The molecular weight excluding hydrogens is 360 g/mol. The number of benzene rings is 1. The molecule has 6 nitrogen and oxygen atoms in total. The van der Waals surface area contributed by atoms with Crippen molar-refractivity contribution in [2.24, 2.45) is 0 Å². The van der Waals surface area contributed by atoms with Gasteiger partial charge in [-0.1, -0.05) is 42.1 Å². The summed E-state index contributed by atoms with van der Waals surface area (Å²) in [7, 11) is 0. The van der Waals surface area contributed by atoms with Crippen LogP contribution in [0.25, 0.3) is 0 Å².